The monoisotopic (exact) mass is 223 g/mol. The Morgan fingerprint density at radius 2 is 2.15 bits per heavy atom. The van der Waals surface area contributed by atoms with Gasteiger partial charge in [0.2, 0.25) is 5.91 Å². The average molecular weight is 224 g/mol. The average Bonchev–Trinajstić information content (AvgIpc) is 1.96. The van der Waals surface area contributed by atoms with Gasteiger partial charge in [-0.1, -0.05) is 17.7 Å². The first kappa shape index (κ1) is 12.2. The summed E-state index contributed by atoms with van der Waals surface area (Å²) in [5.41, 5.74) is 5.56. The molecule has 1 rings (SSSR count). The molecular weight excluding hydrogens is 216 g/mol. The molecule has 13 heavy (non-hydrogen) atoms. The summed E-state index contributed by atoms with van der Waals surface area (Å²) in [6.45, 7) is 0. The molecule has 5 heteroatoms. The lowest BCUT2D eigenvalue weighted by Crippen LogP contribution is -2.13. The van der Waals surface area contributed by atoms with Gasteiger partial charge < -0.3 is 5.73 Å². The summed E-state index contributed by atoms with van der Waals surface area (Å²) < 4.78 is 12.6. The van der Waals surface area contributed by atoms with Crippen molar-refractivity contribution in [3.63, 3.8) is 0 Å². The van der Waals surface area contributed by atoms with Gasteiger partial charge in [0.15, 0.2) is 0 Å². The van der Waals surface area contributed by atoms with Crippen LogP contribution in [-0.4, -0.2) is 5.91 Å². The zero-order valence-corrected chi connectivity index (χ0v) is 8.16. The second-order valence-corrected chi connectivity index (χ2v) is 2.80. The first-order chi connectivity index (χ1) is 5.59. The first-order valence-electron chi connectivity index (χ1n) is 3.32. The van der Waals surface area contributed by atoms with Crippen molar-refractivity contribution < 1.29 is 9.18 Å². The highest BCUT2D eigenvalue weighted by Gasteiger charge is 2.02. The number of nitrogens with two attached hydrogens (primary N) is 1. The van der Waals surface area contributed by atoms with Crippen LogP contribution in [0.25, 0.3) is 0 Å². The van der Waals surface area contributed by atoms with Crippen molar-refractivity contribution in [1.29, 1.82) is 0 Å². The second kappa shape index (κ2) is 5.04. The van der Waals surface area contributed by atoms with Gasteiger partial charge in [0, 0.05) is 0 Å². The lowest BCUT2D eigenvalue weighted by Gasteiger charge is -1.98. The fourth-order valence-corrected chi connectivity index (χ4v) is 1.05. The number of rotatable bonds is 2. The standard InChI is InChI=1S/C8H7ClFNO.ClH/c9-6-3-5(4-8(11)12)1-2-7(6)10;/h1-3H,4H2,(H2,11,12);1H. The summed E-state index contributed by atoms with van der Waals surface area (Å²) in [4.78, 5) is 10.5. The molecule has 0 saturated heterocycles. The maximum absolute atomic E-state index is 12.6. The summed E-state index contributed by atoms with van der Waals surface area (Å²) in [5, 5.41) is 0.00810. The van der Waals surface area contributed by atoms with Crippen LogP contribution in [0.3, 0.4) is 0 Å². The Bertz CT molecular complexity index is 317. The third kappa shape index (κ3) is 3.61. The summed E-state index contributed by atoms with van der Waals surface area (Å²) >= 11 is 5.47. The summed E-state index contributed by atoms with van der Waals surface area (Å²) in [7, 11) is 0. The Kier molecular flexibility index (Phi) is 4.73. The summed E-state index contributed by atoms with van der Waals surface area (Å²) in [6, 6.07) is 4.08. The van der Waals surface area contributed by atoms with Crippen molar-refractivity contribution in [2.75, 3.05) is 0 Å². The molecule has 0 bridgehead atoms. The number of amides is 1. The van der Waals surface area contributed by atoms with Crippen LogP contribution in [0.15, 0.2) is 18.2 Å². The zero-order chi connectivity index (χ0) is 9.14. The highest BCUT2D eigenvalue weighted by atomic mass is 35.5. The van der Waals surface area contributed by atoms with Crippen LogP contribution in [0.5, 0.6) is 0 Å². The smallest absolute Gasteiger partial charge is 0.221 e. The molecule has 2 N–H and O–H groups in total. The normalized spacial score (nSPS) is 9.08. The fraction of sp³-hybridized carbons (Fsp3) is 0.125. The minimum Gasteiger partial charge on any atom is -0.369 e. The van der Waals surface area contributed by atoms with Gasteiger partial charge in [-0.15, -0.1) is 12.4 Å². The minimum atomic E-state index is -0.495. The van der Waals surface area contributed by atoms with E-state index in [9.17, 15) is 9.18 Å². The number of primary amides is 1. The van der Waals surface area contributed by atoms with Gasteiger partial charge in [-0.2, -0.15) is 0 Å². The van der Waals surface area contributed by atoms with Crippen molar-refractivity contribution in [3.05, 3.63) is 34.6 Å². The van der Waals surface area contributed by atoms with E-state index in [4.69, 9.17) is 17.3 Å². The highest BCUT2D eigenvalue weighted by Crippen LogP contribution is 2.15. The van der Waals surface area contributed by atoms with Gasteiger partial charge in [0.05, 0.1) is 11.4 Å². The van der Waals surface area contributed by atoms with Crippen LogP contribution in [0.1, 0.15) is 5.56 Å². The van der Waals surface area contributed by atoms with Crippen LogP contribution < -0.4 is 5.73 Å². The molecule has 0 radical (unpaired) electrons. The Labute approximate surface area is 86.3 Å². The minimum absolute atomic E-state index is 0. The van der Waals surface area contributed by atoms with Crippen LogP contribution in [0.4, 0.5) is 4.39 Å². The van der Waals surface area contributed by atoms with Gasteiger partial charge in [0.25, 0.3) is 0 Å². The van der Waals surface area contributed by atoms with Crippen molar-refractivity contribution in [3.8, 4) is 0 Å². The Morgan fingerprint density at radius 3 is 2.62 bits per heavy atom. The lowest BCUT2D eigenvalue weighted by atomic mass is 10.1. The summed E-state index contributed by atoms with van der Waals surface area (Å²) in [6.07, 6.45) is 0.0833. The number of carbonyl (C=O) groups is 1. The number of halogens is 3. The molecule has 0 aliphatic heterocycles. The van der Waals surface area contributed by atoms with Crippen molar-refractivity contribution in [1.82, 2.24) is 0 Å². The van der Waals surface area contributed by atoms with E-state index < -0.39 is 11.7 Å². The van der Waals surface area contributed by atoms with Crippen molar-refractivity contribution in [2.24, 2.45) is 5.73 Å². The molecule has 1 aromatic carbocycles. The largest absolute Gasteiger partial charge is 0.369 e. The molecule has 0 atom stereocenters. The molecule has 1 amide bonds. The number of carbonyl (C=O) groups excluding carboxylic acids is 1. The third-order valence-electron chi connectivity index (χ3n) is 1.36. The molecule has 0 heterocycles. The molecule has 0 fully saturated rings. The Hall–Kier alpha value is -0.800. The van der Waals surface area contributed by atoms with Gasteiger partial charge in [-0.3, -0.25) is 4.79 Å². The molecule has 0 unspecified atom stereocenters. The van der Waals surface area contributed by atoms with Gasteiger partial charge in [0.1, 0.15) is 5.82 Å². The maximum atomic E-state index is 12.6. The Balaban J connectivity index is 0.00000144. The number of hydrogen-bond acceptors (Lipinski definition) is 1. The molecule has 0 aliphatic rings. The van der Waals surface area contributed by atoms with E-state index in [0.717, 1.165) is 0 Å². The molecule has 2 nitrogen and oxygen atoms in total. The molecule has 0 saturated carbocycles. The third-order valence-corrected chi connectivity index (χ3v) is 1.65. The predicted molar refractivity (Wildman–Crippen MR) is 51.6 cm³/mol. The maximum Gasteiger partial charge on any atom is 0.221 e. The van der Waals surface area contributed by atoms with Crippen LogP contribution in [0.2, 0.25) is 5.02 Å². The van der Waals surface area contributed by atoms with E-state index in [1.54, 1.807) is 0 Å². The lowest BCUT2D eigenvalue weighted by molar-refractivity contribution is -0.117. The van der Waals surface area contributed by atoms with E-state index in [1.807, 2.05) is 0 Å². The predicted octanol–water partition coefficient (Wildman–Crippen LogP) is 1.93. The van der Waals surface area contributed by atoms with E-state index in [2.05, 4.69) is 0 Å². The number of hydrogen-bond donors (Lipinski definition) is 1. The van der Waals surface area contributed by atoms with Crippen LogP contribution >= 0.6 is 24.0 Å². The van der Waals surface area contributed by atoms with E-state index in [-0.39, 0.29) is 23.9 Å². The van der Waals surface area contributed by atoms with Crippen molar-refractivity contribution >= 4 is 29.9 Å². The fourth-order valence-electron chi connectivity index (χ4n) is 0.851. The number of benzene rings is 1. The molecular formula is C8H8Cl2FNO. The molecule has 0 spiro atoms. The van der Waals surface area contributed by atoms with Gasteiger partial charge >= 0.3 is 0 Å². The molecule has 72 valence electrons. The van der Waals surface area contributed by atoms with Crippen LogP contribution in [0, 0.1) is 5.82 Å². The summed E-state index contributed by atoms with van der Waals surface area (Å²) in [5.74, 6) is -0.956. The molecule has 0 aromatic heterocycles. The first-order valence-corrected chi connectivity index (χ1v) is 3.69. The second-order valence-electron chi connectivity index (χ2n) is 2.39. The Morgan fingerprint density at radius 1 is 1.54 bits per heavy atom. The highest BCUT2D eigenvalue weighted by molar-refractivity contribution is 6.30. The van der Waals surface area contributed by atoms with Gasteiger partial charge in [-0.05, 0) is 17.7 Å². The quantitative estimate of drug-likeness (QED) is 0.819. The topological polar surface area (TPSA) is 43.1 Å². The zero-order valence-electron chi connectivity index (χ0n) is 6.59. The van der Waals surface area contributed by atoms with Gasteiger partial charge in [-0.25, -0.2) is 4.39 Å². The van der Waals surface area contributed by atoms with E-state index in [1.165, 1.54) is 18.2 Å². The van der Waals surface area contributed by atoms with Crippen molar-refractivity contribution in [2.45, 2.75) is 6.42 Å². The molecule has 1 aromatic rings. The van der Waals surface area contributed by atoms with E-state index >= 15 is 0 Å². The van der Waals surface area contributed by atoms with Crippen LogP contribution in [-0.2, 0) is 11.2 Å². The van der Waals surface area contributed by atoms with E-state index in [0.29, 0.717) is 5.56 Å². The SMILES string of the molecule is Cl.NC(=O)Cc1ccc(F)c(Cl)c1. The molecule has 0 aliphatic carbocycles.